The second kappa shape index (κ2) is 5.32. The number of hydrogen-bond acceptors (Lipinski definition) is 3. The van der Waals surface area contributed by atoms with Crippen LogP contribution in [-0.4, -0.2) is 18.2 Å². The maximum Gasteiger partial charge on any atom is 0.256 e. The molecule has 0 aromatic heterocycles. The summed E-state index contributed by atoms with van der Waals surface area (Å²) >= 11 is 0. The minimum Gasteiger partial charge on any atom is -0.330 e. The van der Waals surface area contributed by atoms with Gasteiger partial charge in [-0.25, -0.2) is 4.39 Å². The average molecular weight is 277 g/mol. The SMILES string of the molecule is CC(C)(C)C1=NN(c2ccccc2F)C(=O)C1CCN. The normalized spacial score (nSPS) is 19.4. The van der Waals surface area contributed by atoms with E-state index in [1.54, 1.807) is 18.2 Å². The molecule has 2 N–H and O–H groups in total. The van der Waals surface area contributed by atoms with Gasteiger partial charge in [-0.2, -0.15) is 10.1 Å². The molecule has 1 aromatic rings. The van der Waals surface area contributed by atoms with Crippen LogP contribution in [0.25, 0.3) is 0 Å². The van der Waals surface area contributed by atoms with Gasteiger partial charge in [0.1, 0.15) is 11.5 Å². The van der Waals surface area contributed by atoms with Crippen molar-refractivity contribution in [1.29, 1.82) is 0 Å². The number of hydrogen-bond donors (Lipinski definition) is 1. The maximum atomic E-state index is 13.9. The molecule has 4 nitrogen and oxygen atoms in total. The largest absolute Gasteiger partial charge is 0.330 e. The molecule has 1 amide bonds. The molecule has 0 fully saturated rings. The monoisotopic (exact) mass is 277 g/mol. The standard InChI is InChI=1S/C15H20FN3O/c1-15(2,3)13-10(8-9-17)14(20)19(18-13)12-7-5-4-6-11(12)16/h4-7,10H,8-9,17H2,1-3H3. The third-order valence-corrected chi connectivity index (χ3v) is 3.35. The first-order valence-electron chi connectivity index (χ1n) is 6.74. The van der Waals surface area contributed by atoms with Gasteiger partial charge >= 0.3 is 0 Å². The number of anilines is 1. The number of halogens is 1. The van der Waals surface area contributed by atoms with Crippen molar-refractivity contribution in [3.63, 3.8) is 0 Å². The van der Waals surface area contributed by atoms with E-state index in [4.69, 9.17) is 5.73 Å². The van der Waals surface area contributed by atoms with E-state index in [-0.39, 0.29) is 22.9 Å². The molecule has 1 heterocycles. The van der Waals surface area contributed by atoms with Crippen LogP contribution in [0, 0.1) is 17.2 Å². The van der Waals surface area contributed by atoms with Gasteiger partial charge in [-0.3, -0.25) is 4.79 Å². The number of nitrogens with zero attached hydrogens (tertiary/aromatic N) is 2. The van der Waals surface area contributed by atoms with Gasteiger partial charge in [0.05, 0.1) is 11.6 Å². The number of hydrazone groups is 1. The van der Waals surface area contributed by atoms with Gasteiger partial charge in [-0.05, 0) is 25.1 Å². The molecular weight excluding hydrogens is 257 g/mol. The van der Waals surface area contributed by atoms with Crippen LogP contribution < -0.4 is 10.7 Å². The van der Waals surface area contributed by atoms with Gasteiger partial charge in [0.2, 0.25) is 0 Å². The zero-order valence-corrected chi connectivity index (χ0v) is 12.1. The van der Waals surface area contributed by atoms with Crippen LogP contribution in [0.2, 0.25) is 0 Å². The van der Waals surface area contributed by atoms with E-state index in [9.17, 15) is 9.18 Å². The van der Waals surface area contributed by atoms with Crippen molar-refractivity contribution in [3.8, 4) is 0 Å². The Kier molecular flexibility index (Phi) is 3.90. The zero-order valence-electron chi connectivity index (χ0n) is 12.1. The Morgan fingerprint density at radius 2 is 2.00 bits per heavy atom. The lowest BCUT2D eigenvalue weighted by atomic mass is 9.81. The molecule has 20 heavy (non-hydrogen) atoms. The quantitative estimate of drug-likeness (QED) is 0.923. The van der Waals surface area contributed by atoms with E-state index in [1.165, 1.54) is 11.1 Å². The van der Waals surface area contributed by atoms with Crippen LogP contribution in [0.3, 0.4) is 0 Å². The summed E-state index contributed by atoms with van der Waals surface area (Å²) < 4.78 is 13.9. The van der Waals surface area contributed by atoms with E-state index in [1.807, 2.05) is 20.8 Å². The highest BCUT2D eigenvalue weighted by atomic mass is 19.1. The van der Waals surface area contributed by atoms with Crippen molar-refractivity contribution in [2.75, 3.05) is 11.6 Å². The molecule has 0 spiro atoms. The predicted octanol–water partition coefficient (Wildman–Crippen LogP) is 2.54. The van der Waals surface area contributed by atoms with E-state index in [0.29, 0.717) is 13.0 Å². The van der Waals surface area contributed by atoms with Gasteiger partial charge < -0.3 is 5.73 Å². The highest BCUT2D eigenvalue weighted by Gasteiger charge is 2.41. The summed E-state index contributed by atoms with van der Waals surface area (Å²) in [5.74, 6) is -1.02. The lowest BCUT2D eigenvalue weighted by Crippen LogP contribution is -2.33. The van der Waals surface area contributed by atoms with Gasteiger partial charge in [-0.1, -0.05) is 32.9 Å². The molecule has 0 radical (unpaired) electrons. The number of amides is 1. The van der Waals surface area contributed by atoms with Crippen LogP contribution in [0.5, 0.6) is 0 Å². The minimum absolute atomic E-state index is 0.193. The lowest BCUT2D eigenvalue weighted by Gasteiger charge is -2.21. The van der Waals surface area contributed by atoms with Crippen molar-refractivity contribution in [3.05, 3.63) is 30.1 Å². The Bertz CT molecular complexity index is 548. The fourth-order valence-electron chi connectivity index (χ4n) is 2.39. The van der Waals surface area contributed by atoms with Crippen LogP contribution in [0.4, 0.5) is 10.1 Å². The van der Waals surface area contributed by atoms with Crippen LogP contribution in [0.15, 0.2) is 29.4 Å². The predicted molar refractivity (Wildman–Crippen MR) is 77.9 cm³/mol. The maximum absolute atomic E-state index is 13.9. The molecule has 1 aromatic carbocycles. The van der Waals surface area contributed by atoms with E-state index >= 15 is 0 Å². The molecule has 1 unspecified atom stereocenters. The van der Waals surface area contributed by atoms with Gasteiger partial charge in [0.25, 0.3) is 5.91 Å². The second-order valence-corrected chi connectivity index (χ2v) is 5.97. The first-order chi connectivity index (χ1) is 9.36. The minimum atomic E-state index is -0.453. The van der Waals surface area contributed by atoms with Crippen LogP contribution in [0.1, 0.15) is 27.2 Å². The first kappa shape index (κ1) is 14.7. The molecule has 1 atom stereocenters. The Morgan fingerprint density at radius 1 is 1.35 bits per heavy atom. The summed E-state index contributed by atoms with van der Waals surface area (Å²) in [6.45, 7) is 6.38. The fraction of sp³-hybridized carbons (Fsp3) is 0.467. The Labute approximate surface area is 118 Å². The Morgan fingerprint density at radius 3 is 2.55 bits per heavy atom. The number of nitrogens with two attached hydrogens (primary N) is 1. The van der Waals surface area contributed by atoms with Crippen molar-refractivity contribution in [2.45, 2.75) is 27.2 Å². The number of rotatable bonds is 3. The number of benzene rings is 1. The number of para-hydroxylation sites is 1. The Hall–Kier alpha value is -1.75. The molecule has 0 aliphatic carbocycles. The molecular formula is C15H20FN3O. The van der Waals surface area contributed by atoms with E-state index in [2.05, 4.69) is 5.10 Å². The molecule has 0 saturated carbocycles. The molecule has 0 bridgehead atoms. The summed E-state index contributed by atoms with van der Waals surface area (Å²) in [5.41, 5.74) is 6.29. The van der Waals surface area contributed by atoms with Crippen molar-refractivity contribution < 1.29 is 9.18 Å². The molecule has 5 heteroatoms. The van der Waals surface area contributed by atoms with E-state index in [0.717, 1.165) is 5.71 Å². The summed E-state index contributed by atoms with van der Waals surface area (Å²) in [5, 5.41) is 5.55. The van der Waals surface area contributed by atoms with Gasteiger partial charge in [0, 0.05) is 5.41 Å². The van der Waals surface area contributed by atoms with Crippen molar-refractivity contribution >= 4 is 17.3 Å². The smallest absolute Gasteiger partial charge is 0.256 e. The summed E-state index contributed by atoms with van der Waals surface area (Å²) in [6.07, 6.45) is 0.528. The van der Waals surface area contributed by atoms with Crippen molar-refractivity contribution in [2.24, 2.45) is 22.2 Å². The average Bonchev–Trinajstić information content (AvgIpc) is 2.68. The summed E-state index contributed by atoms with van der Waals surface area (Å²) in [7, 11) is 0. The summed E-state index contributed by atoms with van der Waals surface area (Å²) in [4.78, 5) is 12.5. The molecule has 108 valence electrons. The lowest BCUT2D eigenvalue weighted by molar-refractivity contribution is -0.120. The highest BCUT2D eigenvalue weighted by Crippen LogP contribution is 2.33. The van der Waals surface area contributed by atoms with Crippen LogP contribution >= 0.6 is 0 Å². The first-order valence-corrected chi connectivity index (χ1v) is 6.74. The molecule has 2 rings (SSSR count). The summed E-state index contributed by atoms with van der Waals surface area (Å²) in [6, 6.07) is 6.16. The van der Waals surface area contributed by atoms with Gasteiger partial charge in [-0.15, -0.1) is 0 Å². The molecule has 1 aliphatic heterocycles. The topological polar surface area (TPSA) is 58.7 Å². The number of carbonyl (C=O) groups is 1. The molecule has 0 saturated heterocycles. The second-order valence-electron chi connectivity index (χ2n) is 5.97. The van der Waals surface area contributed by atoms with Crippen molar-refractivity contribution in [1.82, 2.24) is 0 Å². The zero-order chi connectivity index (χ0) is 14.9. The third-order valence-electron chi connectivity index (χ3n) is 3.35. The number of carbonyl (C=O) groups excluding carboxylic acids is 1. The van der Waals surface area contributed by atoms with E-state index < -0.39 is 5.82 Å². The Balaban J connectivity index is 2.44. The fourth-order valence-corrected chi connectivity index (χ4v) is 2.39. The highest BCUT2D eigenvalue weighted by molar-refractivity contribution is 6.17. The van der Waals surface area contributed by atoms with Crippen LogP contribution in [-0.2, 0) is 4.79 Å². The van der Waals surface area contributed by atoms with Gasteiger partial charge in [0.15, 0.2) is 0 Å². The third kappa shape index (κ3) is 2.58. The molecule has 1 aliphatic rings.